The van der Waals surface area contributed by atoms with Crippen LogP contribution in [0.5, 0.6) is 0 Å². The van der Waals surface area contributed by atoms with Gasteiger partial charge in [0, 0.05) is 26.7 Å². The van der Waals surface area contributed by atoms with E-state index in [4.69, 9.17) is 0 Å². The average molecular weight is 232 g/mol. The lowest BCUT2D eigenvalue weighted by atomic mass is 9.90. The molecular weight excluding hydrogens is 212 g/mol. The molecule has 3 aliphatic rings. The van der Waals surface area contributed by atoms with E-state index in [1.54, 1.807) is 0 Å². The molecule has 2 heterocycles. The summed E-state index contributed by atoms with van der Waals surface area (Å²) in [4.78, 5) is 16.2. The Labute approximate surface area is 103 Å². The van der Waals surface area contributed by atoms with E-state index in [0.717, 1.165) is 37.3 Å². The van der Waals surface area contributed by atoms with E-state index in [-0.39, 0.29) is 5.91 Å². The summed E-state index contributed by atoms with van der Waals surface area (Å²) >= 11 is 0. The zero-order valence-electron chi connectivity index (χ0n) is 10.5. The van der Waals surface area contributed by atoms with Crippen molar-refractivity contribution >= 4 is 5.91 Å². The van der Waals surface area contributed by atoms with Gasteiger partial charge in [0.15, 0.2) is 0 Å². The molecule has 3 heteroatoms. The number of likely N-dealkylation sites (N-methyl/N-ethyl adjacent to an activating group) is 1. The normalized spacial score (nSPS) is 30.5. The third-order valence-corrected chi connectivity index (χ3v) is 4.42. The van der Waals surface area contributed by atoms with Crippen LogP contribution in [0.15, 0.2) is 23.9 Å². The molecule has 0 aromatic carbocycles. The topological polar surface area (TPSA) is 23.6 Å². The Kier molecular flexibility index (Phi) is 2.32. The second kappa shape index (κ2) is 3.62. The lowest BCUT2D eigenvalue weighted by Gasteiger charge is -2.38. The van der Waals surface area contributed by atoms with Crippen molar-refractivity contribution in [3.05, 3.63) is 23.9 Å². The van der Waals surface area contributed by atoms with Crippen molar-refractivity contribution in [1.82, 2.24) is 9.80 Å². The van der Waals surface area contributed by atoms with Crippen molar-refractivity contribution < 1.29 is 4.79 Å². The van der Waals surface area contributed by atoms with Crippen LogP contribution in [0.1, 0.15) is 25.7 Å². The van der Waals surface area contributed by atoms with Crippen molar-refractivity contribution in [2.75, 3.05) is 26.7 Å². The molecule has 0 aromatic rings. The molecule has 1 spiro atoms. The fourth-order valence-electron chi connectivity index (χ4n) is 3.00. The molecule has 1 saturated heterocycles. The molecule has 0 bridgehead atoms. The molecule has 0 unspecified atom stereocenters. The lowest BCUT2D eigenvalue weighted by molar-refractivity contribution is -0.130. The van der Waals surface area contributed by atoms with Crippen LogP contribution in [0.3, 0.4) is 0 Å². The van der Waals surface area contributed by atoms with Crippen molar-refractivity contribution in [2.45, 2.75) is 25.7 Å². The average Bonchev–Trinajstić information content (AvgIpc) is 3.02. The molecular formula is C14H20N2O. The van der Waals surface area contributed by atoms with Gasteiger partial charge in [-0.1, -0.05) is 12.2 Å². The van der Waals surface area contributed by atoms with Gasteiger partial charge >= 0.3 is 0 Å². The van der Waals surface area contributed by atoms with Gasteiger partial charge in [-0.25, -0.2) is 0 Å². The highest BCUT2D eigenvalue weighted by molar-refractivity contribution is 5.93. The van der Waals surface area contributed by atoms with Crippen LogP contribution in [0.4, 0.5) is 0 Å². The van der Waals surface area contributed by atoms with Gasteiger partial charge in [-0.3, -0.25) is 4.79 Å². The Hall–Kier alpha value is -1.25. The highest BCUT2D eigenvalue weighted by atomic mass is 16.2. The fourth-order valence-corrected chi connectivity index (χ4v) is 3.00. The van der Waals surface area contributed by atoms with E-state index in [2.05, 4.69) is 11.5 Å². The molecule has 0 atom stereocenters. The predicted molar refractivity (Wildman–Crippen MR) is 67.3 cm³/mol. The number of piperazine rings is 1. The number of fused-ring (bicyclic) bond motifs is 1. The maximum Gasteiger partial charge on any atom is 0.269 e. The largest absolute Gasteiger partial charge is 0.365 e. The second-order valence-corrected chi connectivity index (χ2v) is 5.83. The number of hydrogen-bond acceptors (Lipinski definition) is 2. The smallest absolute Gasteiger partial charge is 0.269 e. The molecule has 1 amide bonds. The second-order valence-electron chi connectivity index (χ2n) is 5.83. The summed E-state index contributed by atoms with van der Waals surface area (Å²) in [5, 5.41) is 0. The van der Waals surface area contributed by atoms with Crippen molar-refractivity contribution in [2.24, 2.45) is 5.41 Å². The third-order valence-electron chi connectivity index (χ3n) is 4.42. The van der Waals surface area contributed by atoms with Crippen molar-refractivity contribution in [3.8, 4) is 0 Å². The van der Waals surface area contributed by atoms with Crippen LogP contribution in [-0.2, 0) is 4.79 Å². The number of hydrogen-bond donors (Lipinski definition) is 0. The monoisotopic (exact) mass is 232 g/mol. The van der Waals surface area contributed by atoms with Crippen LogP contribution in [-0.4, -0.2) is 42.4 Å². The minimum Gasteiger partial charge on any atom is -0.365 e. The first-order chi connectivity index (χ1) is 8.10. The Bertz CT molecular complexity index is 406. The number of allylic oxidation sites excluding steroid dienone is 2. The van der Waals surface area contributed by atoms with Crippen LogP contribution in [0, 0.1) is 5.41 Å². The molecule has 17 heavy (non-hydrogen) atoms. The van der Waals surface area contributed by atoms with Gasteiger partial charge in [0.25, 0.3) is 5.91 Å². The molecule has 1 aliphatic carbocycles. The Morgan fingerprint density at radius 2 is 2.00 bits per heavy atom. The highest BCUT2D eigenvalue weighted by Gasteiger charge is 2.44. The van der Waals surface area contributed by atoms with Crippen LogP contribution in [0.2, 0.25) is 0 Å². The molecule has 3 rings (SSSR count). The fraction of sp³-hybridized carbons (Fsp3) is 0.643. The summed E-state index contributed by atoms with van der Waals surface area (Å²) in [5.41, 5.74) is 2.52. The minimum absolute atomic E-state index is 0.157. The molecule has 0 N–H and O–H groups in total. The Morgan fingerprint density at radius 3 is 2.71 bits per heavy atom. The van der Waals surface area contributed by atoms with Gasteiger partial charge in [-0.2, -0.15) is 0 Å². The van der Waals surface area contributed by atoms with Gasteiger partial charge < -0.3 is 9.80 Å². The van der Waals surface area contributed by atoms with E-state index >= 15 is 0 Å². The van der Waals surface area contributed by atoms with Crippen LogP contribution in [0.25, 0.3) is 0 Å². The van der Waals surface area contributed by atoms with Crippen LogP contribution < -0.4 is 0 Å². The summed E-state index contributed by atoms with van der Waals surface area (Å²) in [6.07, 6.45) is 7.02. The van der Waals surface area contributed by atoms with Gasteiger partial charge in [0.1, 0.15) is 5.70 Å². The molecule has 0 radical (unpaired) electrons. The van der Waals surface area contributed by atoms with Crippen molar-refractivity contribution in [1.29, 1.82) is 0 Å². The van der Waals surface area contributed by atoms with Gasteiger partial charge in [-0.15, -0.1) is 0 Å². The molecule has 2 aliphatic heterocycles. The zero-order chi connectivity index (χ0) is 12.0. The lowest BCUT2D eigenvalue weighted by Crippen LogP contribution is -2.47. The van der Waals surface area contributed by atoms with E-state index < -0.39 is 0 Å². The van der Waals surface area contributed by atoms with Crippen LogP contribution >= 0.6 is 0 Å². The number of nitrogens with zero attached hydrogens (tertiary/aromatic N) is 2. The van der Waals surface area contributed by atoms with E-state index in [1.165, 1.54) is 19.3 Å². The Morgan fingerprint density at radius 1 is 1.24 bits per heavy atom. The van der Waals surface area contributed by atoms with Gasteiger partial charge in [-0.05, 0) is 37.2 Å². The third kappa shape index (κ3) is 1.88. The first-order valence-corrected chi connectivity index (χ1v) is 6.50. The quantitative estimate of drug-likeness (QED) is 0.635. The molecule has 1 saturated carbocycles. The van der Waals surface area contributed by atoms with E-state index in [9.17, 15) is 4.79 Å². The van der Waals surface area contributed by atoms with E-state index in [1.807, 2.05) is 18.0 Å². The van der Waals surface area contributed by atoms with Gasteiger partial charge in [0.05, 0.1) is 0 Å². The number of amides is 1. The first-order valence-electron chi connectivity index (χ1n) is 6.50. The number of carbonyl (C=O) groups excluding carboxylic acids is 1. The summed E-state index contributed by atoms with van der Waals surface area (Å²) in [5.74, 6) is 0.157. The molecule has 92 valence electrons. The predicted octanol–water partition coefficient (Wildman–Crippen LogP) is 1.77. The standard InChI is InChI=1S/C14H20N2O/c1-11-9-12-13(17)15(2)7-8-16(12)6-5-14(10-11)3-4-14/h9H,1,3-8,10H2,2H3/b12-9-. The summed E-state index contributed by atoms with van der Waals surface area (Å²) in [7, 11) is 1.88. The molecule has 0 aromatic heterocycles. The zero-order valence-corrected chi connectivity index (χ0v) is 10.5. The summed E-state index contributed by atoms with van der Waals surface area (Å²) < 4.78 is 0. The number of carbonyl (C=O) groups is 1. The van der Waals surface area contributed by atoms with Gasteiger partial charge in [0.2, 0.25) is 0 Å². The maximum atomic E-state index is 12.1. The maximum absolute atomic E-state index is 12.1. The first kappa shape index (κ1) is 10.9. The van der Waals surface area contributed by atoms with E-state index in [0.29, 0.717) is 5.41 Å². The summed E-state index contributed by atoms with van der Waals surface area (Å²) in [6.45, 7) is 6.98. The molecule has 3 nitrogen and oxygen atoms in total. The Balaban J connectivity index is 1.89. The SMILES string of the molecule is C=C1/C=C2/C(=O)N(C)CCN2CCC2(CC2)C1. The number of rotatable bonds is 0. The highest BCUT2D eigenvalue weighted by Crippen LogP contribution is 2.54. The minimum atomic E-state index is 0.157. The van der Waals surface area contributed by atoms with Crippen molar-refractivity contribution in [3.63, 3.8) is 0 Å². The summed E-state index contributed by atoms with van der Waals surface area (Å²) in [6, 6.07) is 0. The molecule has 2 fully saturated rings.